The number of thiocarbonyl (C=S) groups is 1. The van der Waals surface area contributed by atoms with Crippen molar-refractivity contribution < 1.29 is 4.79 Å². The molecule has 0 spiro atoms. The molecule has 0 aliphatic carbocycles. The number of amides is 1. The summed E-state index contributed by atoms with van der Waals surface area (Å²) in [6, 6.07) is 0. The lowest BCUT2D eigenvalue weighted by atomic mass is 10.8. The van der Waals surface area contributed by atoms with Crippen molar-refractivity contribution in [3.05, 3.63) is 12.2 Å². The smallest absolute Gasteiger partial charge is 0.221 e. The lowest BCUT2D eigenvalue weighted by molar-refractivity contribution is -0.109. The first-order valence-corrected chi connectivity index (χ1v) is 3.93. The zero-order chi connectivity index (χ0) is 11.4. The van der Waals surface area contributed by atoms with Gasteiger partial charge in [0.1, 0.15) is 12.2 Å². The zero-order valence-corrected chi connectivity index (χ0v) is 8.84. The first-order valence-electron chi connectivity index (χ1n) is 3.52. The van der Waals surface area contributed by atoms with Gasteiger partial charge in [-0.05, 0) is 13.8 Å². The number of aryl methyl sites for hydroxylation is 1. The summed E-state index contributed by atoms with van der Waals surface area (Å²) < 4.78 is 0. The number of hydrogen-bond donors (Lipinski definition) is 4. The fourth-order valence-electron chi connectivity index (χ4n) is 0.267. The highest BCUT2D eigenvalue weighted by Gasteiger charge is 1.75. The van der Waals surface area contributed by atoms with E-state index in [1.54, 1.807) is 12.3 Å². The molecule has 15 heavy (non-hydrogen) atoms. The zero-order valence-electron chi connectivity index (χ0n) is 8.02. The van der Waals surface area contributed by atoms with Crippen LogP contribution in [0.5, 0.6) is 0 Å². The highest BCUT2D eigenvalue weighted by atomic mass is 32.1. The van der Waals surface area contributed by atoms with E-state index in [2.05, 4.69) is 33.2 Å². The molecular weight excluding hydrogens is 216 g/mol. The molecule has 88 valence electrons. The summed E-state index contributed by atoms with van der Waals surface area (Å²) in [6.07, 6.45) is 1.88. The van der Waals surface area contributed by atoms with Gasteiger partial charge in [0, 0.05) is 0 Å². The van der Waals surface area contributed by atoms with Crippen LogP contribution in [-0.4, -0.2) is 26.6 Å². The van der Waals surface area contributed by atoms with Gasteiger partial charge in [-0.15, -0.1) is 0 Å². The predicted molar refractivity (Wildman–Crippen MR) is 63.7 cm³/mol. The second kappa shape index (κ2) is 15.0. The number of aromatic nitrogens is 3. The number of carbonyl (C=O) groups is 1. The monoisotopic (exact) mass is 234 g/mol. The van der Waals surface area contributed by atoms with Crippen LogP contribution >= 0.6 is 12.2 Å². The quantitative estimate of drug-likeness (QED) is 0.173. The van der Waals surface area contributed by atoms with E-state index in [0.717, 1.165) is 5.82 Å². The summed E-state index contributed by atoms with van der Waals surface area (Å²) in [5, 5.41) is 6.22. The summed E-state index contributed by atoms with van der Waals surface area (Å²) in [7, 11) is 0. The highest BCUT2D eigenvalue weighted by molar-refractivity contribution is 7.80. The minimum atomic E-state index is 0. The van der Waals surface area contributed by atoms with E-state index in [0.29, 0.717) is 11.4 Å². The van der Waals surface area contributed by atoms with Crippen LogP contribution in [0.1, 0.15) is 20.2 Å². The minimum Gasteiger partial charge on any atom is -0.394 e. The molecule has 0 aromatic carbocycles. The van der Waals surface area contributed by atoms with Crippen LogP contribution in [0.2, 0.25) is 0 Å². The second-order valence-corrected chi connectivity index (χ2v) is 2.61. The molecular formula is C7H18N6OS. The van der Waals surface area contributed by atoms with Gasteiger partial charge in [-0.2, -0.15) is 5.10 Å². The topological polar surface area (TPSA) is 123 Å². The maximum Gasteiger partial charge on any atom is 0.221 e. The third-order valence-electron chi connectivity index (χ3n) is 0.604. The summed E-state index contributed by atoms with van der Waals surface area (Å²) in [6.45, 7) is 3.53. The Kier molecular flexibility index (Phi) is 19.0. The van der Waals surface area contributed by atoms with E-state index < -0.39 is 0 Å². The molecule has 0 fully saturated rings. The summed E-state index contributed by atoms with van der Waals surface area (Å²) in [5.41, 5.74) is 6.59. The Hall–Kier alpha value is -1.54. The number of nitrogens with two attached hydrogens (primary N) is 2. The lowest BCUT2D eigenvalue weighted by Crippen LogP contribution is -2.18. The Labute approximate surface area is 94.6 Å². The molecule has 0 bridgehead atoms. The standard InChI is InChI=1S/C3H5N3.C2H5NS.CH4N2O.CH4/c1-3-4-2-5-6-3;1-2(3)4;2-3-1-4;/h2H,1H3,(H,4,5,6);1H3,(H2,3,4);1H,2H2,(H,3,4);1H4. The summed E-state index contributed by atoms with van der Waals surface area (Å²) in [5.74, 6) is 5.27. The largest absolute Gasteiger partial charge is 0.394 e. The van der Waals surface area contributed by atoms with Gasteiger partial charge in [0.2, 0.25) is 6.41 Å². The number of aromatic amines is 1. The normalized spacial score (nSPS) is 6.60. The molecule has 0 atom stereocenters. The first kappa shape index (κ1) is 19.1. The molecule has 1 heterocycles. The van der Waals surface area contributed by atoms with Crippen LogP contribution in [0.25, 0.3) is 0 Å². The van der Waals surface area contributed by atoms with Crippen LogP contribution in [0.4, 0.5) is 0 Å². The molecule has 1 aromatic heterocycles. The molecule has 0 aliphatic heterocycles. The maximum absolute atomic E-state index is 8.94. The highest BCUT2D eigenvalue weighted by Crippen LogP contribution is 1.73. The molecule has 0 aliphatic rings. The average Bonchev–Trinajstić information content (AvgIpc) is 2.55. The van der Waals surface area contributed by atoms with Crippen molar-refractivity contribution in [1.29, 1.82) is 0 Å². The van der Waals surface area contributed by atoms with Gasteiger partial charge in [-0.1, -0.05) is 19.6 Å². The number of rotatable bonds is 1. The van der Waals surface area contributed by atoms with Gasteiger partial charge in [0.05, 0.1) is 4.99 Å². The van der Waals surface area contributed by atoms with Crippen LogP contribution in [0.15, 0.2) is 6.33 Å². The van der Waals surface area contributed by atoms with Crippen molar-refractivity contribution in [1.82, 2.24) is 20.6 Å². The van der Waals surface area contributed by atoms with E-state index in [4.69, 9.17) is 10.5 Å². The van der Waals surface area contributed by atoms with E-state index in [9.17, 15) is 0 Å². The average molecular weight is 234 g/mol. The van der Waals surface area contributed by atoms with Gasteiger partial charge in [0.15, 0.2) is 0 Å². The number of hydrogen-bond acceptors (Lipinski definition) is 5. The Balaban J connectivity index is -0.000000145. The van der Waals surface area contributed by atoms with Crippen LogP contribution < -0.4 is 17.0 Å². The van der Waals surface area contributed by atoms with E-state index in [1.165, 1.54) is 6.33 Å². The third kappa shape index (κ3) is 32.7. The van der Waals surface area contributed by atoms with E-state index in [-0.39, 0.29) is 7.43 Å². The van der Waals surface area contributed by atoms with E-state index >= 15 is 0 Å². The Morgan fingerprint density at radius 1 is 1.73 bits per heavy atom. The summed E-state index contributed by atoms with van der Waals surface area (Å²) >= 11 is 4.31. The van der Waals surface area contributed by atoms with E-state index in [1.807, 2.05) is 6.92 Å². The Morgan fingerprint density at radius 2 is 2.13 bits per heavy atom. The predicted octanol–water partition coefficient (Wildman–Crippen LogP) is -0.352. The third-order valence-corrected chi connectivity index (χ3v) is 0.604. The maximum atomic E-state index is 8.94. The number of hydrazine groups is 1. The summed E-state index contributed by atoms with van der Waals surface area (Å²) in [4.78, 5) is 13.2. The fourth-order valence-corrected chi connectivity index (χ4v) is 0.267. The fraction of sp³-hybridized carbons (Fsp3) is 0.429. The molecule has 7 nitrogen and oxygen atoms in total. The Morgan fingerprint density at radius 3 is 2.20 bits per heavy atom. The number of nitrogens with one attached hydrogen (secondary N) is 2. The number of nitrogens with zero attached hydrogens (tertiary/aromatic N) is 2. The van der Waals surface area contributed by atoms with Crippen LogP contribution in [-0.2, 0) is 4.79 Å². The van der Waals surface area contributed by atoms with Crippen molar-refractivity contribution in [3.63, 3.8) is 0 Å². The van der Waals surface area contributed by atoms with Crippen LogP contribution in [0.3, 0.4) is 0 Å². The van der Waals surface area contributed by atoms with Crippen molar-refractivity contribution in [2.45, 2.75) is 21.3 Å². The van der Waals surface area contributed by atoms with Gasteiger partial charge >= 0.3 is 0 Å². The molecule has 0 saturated carbocycles. The van der Waals surface area contributed by atoms with Crippen LogP contribution in [0, 0.1) is 6.92 Å². The van der Waals surface area contributed by atoms with Crippen molar-refractivity contribution in [2.75, 3.05) is 0 Å². The van der Waals surface area contributed by atoms with Crippen molar-refractivity contribution in [3.8, 4) is 0 Å². The van der Waals surface area contributed by atoms with Crippen molar-refractivity contribution >= 4 is 23.6 Å². The lowest BCUT2D eigenvalue weighted by Gasteiger charge is -1.66. The molecule has 0 saturated heterocycles. The second-order valence-electron chi connectivity index (χ2n) is 1.97. The SMILES string of the molecule is C.CC(N)=S.Cc1ncn[nH]1.NNC=O. The molecule has 0 unspecified atom stereocenters. The molecule has 1 aromatic rings. The molecule has 6 N–H and O–H groups in total. The van der Waals surface area contributed by atoms with Gasteiger partial charge in [0.25, 0.3) is 0 Å². The number of carbonyl (C=O) groups excluding carboxylic acids is 1. The molecule has 0 radical (unpaired) electrons. The first-order chi connectivity index (χ1) is 6.54. The minimum absolute atomic E-state index is 0. The van der Waals surface area contributed by atoms with Gasteiger partial charge in [-0.3, -0.25) is 15.3 Å². The molecule has 1 rings (SSSR count). The Bertz CT molecular complexity index is 234. The molecule has 1 amide bonds. The van der Waals surface area contributed by atoms with Gasteiger partial charge in [-0.25, -0.2) is 10.8 Å². The molecule has 8 heteroatoms. The van der Waals surface area contributed by atoms with Crippen molar-refractivity contribution in [2.24, 2.45) is 11.6 Å². The van der Waals surface area contributed by atoms with Gasteiger partial charge < -0.3 is 5.73 Å². The number of H-pyrrole nitrogens is 1.